The Morgan fingerprint density at radius 1 is 1.08 bits per heavy atom. The fourth-order valence-corrected chi connectivity index (χ4v) is 3.93. The number of aromatic nitrogens is 2. The van der Waals surface area contributed by atoms with Gasteiger partial charge in [0, 0.05) is 23.7 Å². The van der Waals surface area contributed by atoms with Crippen LogP contribution >= 0.6 is 0 Å². The highest BCUT2D eigenvalue weighted by Crippen LogP contribution is 2.56. The molecule has 1 aromatic heterocycles. The second-order valence-electron chi connectivity index (χ2n) is 7.37. The molecule has 0 radical (unpaired) electrons. The molecule has 2 aliphatic rings. The molecule has 5 heteroatoms. The van der Waals surface area contributed by atoms with Gasteiger partial charge in [0.2, 0.25) is 0 Å². The van der Waals surface area contributed by atoms with Gasteiger partial charge >= 0.3 is 0 Å². The molecule has 1 aliphatic heterocycles. The molecule has 130 valence electrons. The van der Waals surface area contributed by atoms with E-state index >= 15 is 0 Å². The lowest BCUT2D eigenvalue weighted by atomic mass is 9.99. The number of fused-ring (bicyclic) bond motifs is 2. The number of carbonyl (C=O) groups is 1. The Balaban J connectivity index is 1.52. The molecule has 0 unspecified atom stereocenters. The molecule has 2 heterocycles. The Hall–Kier alpha value is -3.08. The van der Waals surface area contributed by atoms with Crippen LogP contribution in [-0.2, 0) is 5.41 Å². The van der Waals surface area contributed by atoms with Gasteiger partial charge in [0.15, 0.2) is 0 Å². The van der Waals surface area contributed by atoms with Crippen LogP contribution in [0.3, 0.4) is 0 Å². The van der Waals surface area contributed by atoms with E-state index in [0.29, 0.717) is 12.2 Å². The fourth-order valence-electron chi connectivity index (χ4n) is 3.93. The van der Waals surface area contributed by atoms with E-state index in [1.165, 1.54) is 16.3 Å². The second-order valence-corrected chi connectivity index (χ2v) is 7.37. The lowest BCUT2D eigenvalue weighted by Gasteiger charge is -2.16. The number of aromatic amines is 1. The first-order valence-electron chi connectivity index (χ1n) is 8.88. The van der Waals surface area contributed by atoms with Crippen LogP contribution < -0.4 is 10.5 Å². The van der Waals surface area contributed by atoms with Crippen molar-refractivity contribution in [2.24, 2.45) is 0 Å². The van der Waals surface area contributed by atoms with Crippen LogP contribution in [0.4, 0.5) is 5.69 Å². The highest BCUT2D eigenvalue weighted by molar-refractivity contribution is 6.06. The third-order valence-electron chi connectivity index (χ3n) is 5.57. The molecule has 0 saturated heterocycles. The number of nitrogens with zero attached hydrogens (tertiary/aromatic N) is 2. The van der Waals surface area contributed by atoms with Crippen LogP contribution in [0.2, 0.25) is 0 Å². The summed E-state index contributed by atoms with van der Waals surface area (Å²) in [6, 6.07) is 17.1. The van der Waals surface area contributed by atoms with Gasteiger partial charge in [-0.15, -0.1) is 0 Å². The van der Waals surface area contributed by atoms with Crippen molar-refractivity contribution in [1.29, 1.82) is 0 Å². The van der Waals surface area contributed by atoms with Crippen LogP contribution in [-0.4, -0.2) is 22.2 Å². The van der Waals surface area contributed by atoms with Gasteiger partial charge in [0.05, 0.1) is 5.69 Å². The minimum atomic E-state index is -0.231. The maximum Gasteiger partial charge on any atom is 0.276 e. The highest BCUT2D eigenvalue weighted by Gasteiger charge is 2.52. The van der Waals surface area contributed by atoms with E-state index in [-0.39, 0.29) is 16.9 Å². The molecule has 26 heavy (non-hydrogen) atoms. The van der Waals surface area contributed by atoms with E-state index in [9.17, 15) is 9.59 Å². The molecule has 5 rings (SSSR count). The van der Waals surface area contributed by atoms with E-state index in [1.807, 2.05) is 54.3 Å². The number of rotatable bonds is 2. The Labute approximate surface area is 150 Å². The number of para-hydroxylation sites is 1. The van der Waals surface area contributed by atoms with Crippen molar-refractivity contribution in [3.05, 3.63) is 81.8 Å². The van der Waals surface area contributed by atoms with Crippen LogP contribution in [0, 0.1) is 6.92 Å². The number of carbonyl (C=O) groups excluding carboxylic acids is 1. The van der Waals surface area contributed by atoms with E-state index < -0.39 is 0 Å². The van der Waals surface area contributed by atoms with E-state index in [4.69, 9.17) is 0 Å². The molecule has 1 N–H and O–H groups in total. The molecule has 1 saturated carbocycles. The number of hydrogen-bond donors (Lipinski definition) is 1. The summed E-state index contributed by atoms with van der Waals surface area (Å²) in [5.41, 5.74) is 4.29. The molecule has 1 aliphatic carbocycles. The number of anilines is 1. The van der Waals surface area contributed by atoms with Crippen LogP contribution in [0.5, 0.6) is 0 Å². The van der Waals surface area contributed by atoms with Gasteiger partial charge < -0.3 is 4.90 Å². The average molecular weight is 345 g/mol. The van der Waals surface area contributed by atoms with Crippen LogP contribution in [0.15, 0.2) is 59.4 Å². The maximum atomic E-state index is 13.1. The van der Waals surface area contributed by atoms with E-state index in [0.717, 1.165) is 29.8 Å². The van der Waals surface area contributed by atoms with Crippen molar-refractivity contribution in [1.82, 2.24) is 9.78 Å². The summed E-state index contributed by atoms with van der Waals surface area (Å²) in [5, 5.41) is 2.99. The van der Waals surface area contributed by atoms with Crippen molar-refractivity contribution in [3.63, 3.8) is 0 Å². The minimum Gasteiger partial charge on any atom is -0.306 e. The molecular formula is C21H19N3O2. The van der Waals surface area contributed by atoms with Crippen molar-refractivity contribution in [2.45, 2.75) is 25.2 Å². The largest absolute Gasteiger partial charge is 0.306 e. The quantitative estimate of drug-likeness (QED) is 0.776. The van der Waals surface area contributed by atoms with Gasteiger partial charge in [0.1, 0.15) is 5.69 Å². The number of hydrogen-bond acceptors (Lipinski definition) is 2. The zero-order valence-electron chi connectivity index (χ0n) is 14.5. The van der Waals surface area contributed by atoms with Crippen molar-refractivity contribution >= 4 is 11.6 Å². The summed E-state index contributed by atoms with van der Waals surface area (Å²) in [6.45, 7) is 2.69. The number of H-pyrrole nitrogens is 1. The third-order valence-corrected chi connectivity index (χ3v) is 5.57. The van der Waals surface area contributed by atoms with E-state index in [1.54, 1.807) is 0 Å². The second kappa shape index (κ2) is 5.21. The van der Waals surface area contributed by atoms with Gasteiger partial charge in [-0.3, -0.25) is 14.7 Å². The number of nitrogens with one attached hydrogen (secondary N) is 1. The molecule has 1 spiro atoms. The molecule has 1 fully saturated rings. The first-order valence-corrected chi connectivity index (χ1v) is 8.88. The van der Waals surface area contributed by atoms with Crippen molar-refractivity contribution < 1.29 is 4.79 Å². The maximum absolute atomic E-state index is 13.1. The first kappa shape index (κ1) is 15.2. The van der Waals surface area contributed by atoms with Crippen LogP contribution in [0.25, 0.3) is 5.69 Å². The summed E-state index contributed by atoms with van der Waals surface area (Å²) in [5.74, 6) is -0.149. The topological polar surface area (TPSA) is 58.1 Å². The summed E-state index contributed by atoms with van der Waals surface area (Å²) in [6.07, 6.45) is 2.24. The standard InChI is InChI=1S/C21H19N3O2/c1-14-6-8-15(9-7-14)24-19(25)12-17(22-24)20(26)23-13-21(10-11-21)16-4-2-3-5-18(16)23/h2-9,12,22H,10-11,13H2,1H3. The molecule has 0 bridgehead atoms. The summed E-state index contributed by atoms with van der Waals surface area (Å²) >= 11 is 0. The lowest BCUT2D eigenvalue weighted by Crippen LogP contribution is -2.31. The molecule has 1 amide bonds. The molecule has 2 aromatic carbocycles. The Kier molecular flexibility index (Phi) is 3.04. The first-order chi connectivity index (χ1) is 12.6. The zero-order chi connectivity index (χ0) is 17.9. The van der Waals surface area contributed by atoms with Gasteiger partial charge in [-0.05, 0) is 43.5 Å². The number of benzene rings is 2. The minimum absolute atomic E-state index is 0.131. The Morgan fingerprint density at radius 2 is 1.81 bits per heavy atom. The zero-order valence-corrected chi connectivity index (χ0v) is 14.5. The molecular weight excluding hydrogens is 326 g/mol. The number of amides is 1. The summed E-state index contributed by atoms with van der Waals surface area (Å²) in [7, 11) is 0. The van der Waals surface area contributed by atoms with Gasteiger partial charge in [-0.25, -0.2) is 4.68 Å². The predicted octanol–water partition coefficient (Wildman–Crippen LogP) is 3.17. The predicted molar refractivity (Wildman–Crippen MR) is 100 cm³/mol. The summed E-state index contributed by atoms with van der Waals surface area (Å²) in [4.78, 5) is 27.3. The monoisotopic (exact) mass is 345 g/mol. The summed E-state index contributed by atoms with van der Waals surface area (Å²) < 4.78 is 1.42. The Morgan fingerprint density at radius 3 is 2.54 bits per heavy atom. The smallest absolute Gasteiger partial charge is 0.276 e. The third kappa shape index (κ3) is 2.17. The Bertz CT molecular complexity index is 1070. The van der Waals surface area contributed by atoms with Gasteiger partial charge in [-0.1, -0.05) is 35.9 Å². The average Bonchev–Trinajstić information content (AvgIpc) is 3.22. The van der Waals surface area contributed by atoms with Gasteiger partial charge in [-0.2, -0.15) is 0 Å². The van der Waals surface area contributed by atoms with Crippen LogP contribution in [0.1, 0.15) is 34.5 Å². The van der Waals surface area contributed by atoms with Crippen molar-refractivity contribution in [3.8, 4) is 5.69 Å². The molecule has 5 nitrogen and oxygen atoms in total. The highest BCUT2D eigenvalue weighted by atomic mass is 16.2. The fraction of sp³-hybridized carbons (Fsp3) is 0.238. The SMILES string of the molecule is Cc1ccc(-n2[nH]c(C(=O)N3CC4(CC4)c4ccccc43)cc2=O)cc1. The van der Waals surface area contributed by atoms with E-state index in [2.05, 4.69) is 11.2 Å². The molecule has 3 aromatic rings. The normalized spacial score (nSPS) is 16.7. The molecule has 0 atom stereocenters. The lowest BCUT2D eigenvalue weighted by molar-refractivity contribution is 0.0982. The van der Waals surface area contributed by atoms with Gasteiger partial charge in [0.25, 0.3) is 11.5 Å². The van der Waals surface area contributed by atoms with Crippen molar-refractivity contribution in [2.75, 3.05) is 11.4 Å². The number of aryl methyl sites for hydroxylation is 1.